The van der Waals surface area contributed by atoms with E-state index in [9.17, 15) is 14.4 Å². The van der Waals surface area contributed by atoms with Gasteiger partial charge in [0.25, 0.3) is 5.91 Å². The number of ether oxygens (including phenoxy) is 1. The predicted molar refractivity (Wildman–Crippen MR) is 76.4 cm³/mol. The number of hydrogen-bond acceptors (Lipinski definition) is 4. The van der Waals surface area contributed by atoms with Gasteiger partial charge in [0.2, 0.25) is 0 Å². The van der Waals surface area contributed by atoms with Gasteiger partial charge in [0.05, 0.1) is 6.42 Å². The third-order valence-corrected chi connectivity index (χ3v) is 2.98. The summed E-state index contributed by atoms with van der Waals surface area (Å²) in [5, 5.41) is 8.63. The summed E-state index contributed by atoms with van der Waals surface area (Å²) in [7, 11) is 1.55. The molecule has 0 saturated carbocycles. The summed E-state index contributed by atoms with van der Waals surface area (Å²) >= 11 is 0. The summed E-state index contributed by atoms with van der Waals surface area (Å²) in [6, 6.07) is 6.45. The number of hydrogen-bond donors (Lipinski definition) is 1. The molecule has 0 aliphatic heterocycles. The van der Waals surface area contributed by atoms with E-state index in [1.165, 1.54) is 4.90 Å². The molecule has 0 radical (unpaired) electrons. The lowest BCUT2D eigenvalue weighted by molar-refractivity contribution is -0.140. The monoisotopic (exact) mass is 293 g/mol. The second-order valence-electron chi connectivity index (χ2n) is 4.61. The molecular formula is C15H19NO5. The SMILES string of the molecule is CCC(Oc1ccc(C=O)cc1)C(=O)N(C)CCC(=O)O. The van der Waals surface area contributed by atoms with Crippen LogP contribution in [0.4, 0.5) is 0 Å². The van der Waals surface area contributed by atoms with E-state index in [0.717, 1.165) is 6.29 Å². The highest BCUT2D eigenvalue weighted by atomic mass is 16.5. The van der Waals surface area contributed by atoms with Gasteiger partial charge in [0.1, 0.15) is 12.0 Å². The van der Waals surface area contributed by atoms with E-state index < -0.39 is 12.1 Å². The molecule has 1 unspecified atom stereocenters. The van der Waals surface area contributed by atoms with Crippen molar-refractivity contribution in [1.29, 1.82) is 0 Å². The van der Waals surface area contributed by atoms with Crippen LogP contribution in [0, 0.1) is 0 Å². The van der Waals surface area contributed by atoms with Crippen LogP contribution in [-0.2, 0) is 9.59 Å². The molecule has 0 fully saturated rings. The lowest BCUT2D eigenvalue weighted by Gasteiger charge is -2.23. The van der Waals surface area contributed by atoms with Crippen LogP contribution >= 0.6 is 0 Å². The van der Waals surface area contributed by atoms with Crippen molar-refractivity contribution in [3.63, 3.8) is 0 Å². The summed E-state index contributed by atoms with van der Waals surface area (Å²) in [6.45, 7) is 1.95. The lowest BCUT2D eigenvalue weighted by atomic mass is 10.2. The molecule has 0 aromatic heterocycles. The van der Waals surface area contributed by atoms with E-state index in [2.05, 4.69) is 0 Å². The number of amides is 1. The van der Waals surface area contributed by atoms with Crippen LogP contribution in [0.2, 0.25) is 0 Å². The van der Waals surface area contributed by atoms with Crippen LogP contribution in [0.15, 0.2) is 24.3 Å². The Morgan fingerprint density at radius 1 is 1.33 bits per heavy atom. The molecule has 0 aliphatic carbocycles. The van der Waals surface area contributed by atoms with Crippen LogP contribution < -0.4 is 4.74 Å². The van der Waals surface area contributed by atoms with Crippen molar-refractivity contribution < 1.29 is 24.2 Å². The molecule has 6 heteroatoms. The van der Waals surface area contributed by atoms with Gasteiger partial charge < -0.3 is 14.7 Å². The molecule has 0 aliphatic rings. The molecule has 0 spiro atoms. The van der Waals surface area contributed by atoms with Crippen molar-refractivity contribution in [2.45, 2.75) is 25.9 Å². The fourth-order valence-corrected chi connectivity index (χ4v) is 1.72. The fourth-order valence-electron chi connectivity index (χ4n) is 1.72. The second kappa shape index (κ2) is 8.04. The molecule has 1 N–H and O–H groups in total. The Hall–Kier alpha value is -2.37. The van der Waals surface area contributed by atoms with E-state index in [0.29, 0.717) is 17.7 Å². The third-order valence-electron chi connectivity index (χ3n) is 2.98. The molecule has 0 saturated heterocycles. The van der Waals surface area contributed by atoms with Crippen molar-refractivity contribution >= 4 is 18.2 Å². The highest BCUT2D eigenvalue weighted by Crippen LogP contribution is 2.15. The van der Waals surface area contributed by atoms with Gasteiger partial charge in [0, 0.05) is 19.2 Å². The predicted octanol–water partition coefficient (Wildman–Crippen LogP) is 1.59. The molecular weight excluding hydrogens is 274 g/mol. The zero-order chi connectivity index (χ0) is 15.8. The zero-order valence-electron chi connectivity index (χ0n) is 12.1. The van der Waals surface area contributed by atoms with Gasteiger partial charge in [0.15, 0.2) is 6.10 Å². The van der Waals surface area contributed by atoms with Crippen LogP contribution in [0.3, 0.4) is 0 Å². The number of carbonyl (C=O) groups excluding carboxylic acids is 2. The van der Waals surface area contributed by atoms with Crippen LogP contribution in [0.25, 0.3) is 0 Å². The Balaban J connectivity index is 2.65. The number of aliphatic carboxylic acids is 1. The van der Waals surface area contributed by atoms with Crippen molar-refractivity contribution in [1.82, 2.24) is 4.90 Å². The smallest absolute Gasteiger partial charge is 0.305 e. The number of rotatable bonds is 8. The molecule has 1 aromatic carbocycles. The summed E-state index contributed by atoms with van der Waals surface area (Å²) in [6.07, 6.45) is 0.412. The molecule has 0 bridgehead atoms. The third kappa shape index (κ3) is 5.25. The molecule has 1 aromatic rings. The largest absolute Gasteiger partial charge is 0.481 e. The van der Waals surface area contributed by atoms with Gasteiger partial charge in [-0.05, 0) is 30.7 Å². The lowest BCUT2D eigenvalue weighted by Crippen LogP contribution is -2.40. The van der Waals surface area contributed by atoms with E-state index in [1.54, 1.807) is 31.3 Å². The number of carboxylic acids is 1. The van der Waals surface area contributed by atoms with Crippen LogP contribution in [0.1, 0.15) is 30.1 Å². The highest BCUT2D eigenvalue weighted by molar-refractivity contribution is 5.81. The maximum atomic E-state index is 12.2. The van der Waals surface area contributed by atoms with E-state index >= 15 is 0 Å². The van der Waals surface area contributed by atoms with Gasteiger partial charge in [-0.15, -0.1) is 0 Å². The van der Waals surface area contributed by atoms with Gasteiger partial charge in [-0.3, -0.25) is 14.4 Å². The second-order valence-corrected chi connectivity index (χ2v) is 4.61. The minimum Gasteiger partial charge on any atom is -0.481 e. The standard InChI is InChI=1S/C15H19NO5/c1-3-13(15(20)16(2)9-8-14(18)19)21-12-6-4-11(10-17)5-7-12/h4-7,10,13H,3,8-9H2,1-2H3,(H,18,19). The highest BCUT2D eigenvalue weighted by Gasteiger charge is 2.22. The minimum atomic E-state index is -0.951. The quantitative estimate of drug-likeness (QED) is 0.736. The maximum Gasteiger partial charge on any atom is 0.305 e. The van der Waals surface area contributed by atoms with Gasteiger partial charge in [-0.2, -0.15) is 0 Å². The first-order valence-corrected chi connectivity index (χ1v) is 6.66. The van der Waals surface area contributed by atoms with E-state index in [1.807, 2.05) is 6.92 Å². The molecule has 1 atom stereocenters. The van der Waals surface area contributed by atoms with Crippen molar-refractivity contribution in [2.24, 2.45) is 0 Å². The number of benzene rings is 1. The Morgan fingerprint density at radius 2 is 1.95 bits per heavy atom. The Morgan fingerprint density at radius 3 is 2.43 bits per heavy atom. The number of likely N-dealkylation sites (N-methyl/N-ethyl adjacent to an activating group) is 1. The first-order valence-electron chi connectivity index (χ1n) is 6.66. The maximum absolute atomic E-state index is 12.2. The zero-order valence-corrected chi connectivity index (χ0v) is 12.1. The number of nitrogens with zero attached hydrogens (tertiary/aromatic N) is 1. The summed E-state index contributed by atoms with van der Waals surface area (Å²) in [4.78, 5) is 34.6. The average Bonchev–Trinajstić information content (AvgIpc) is 2.50. The van der Waals surface area contributed by atoms with Gasteiger partial charge in [-0.1, -0.05) is 6.92 Å². The molecule has 6 nitrogen and oxygen atoms in total. The first kappa shape index (κ1) is 16.7. The van der Waals surface area contributed by atoms with Gasteiger partial charge >= 0.3 is 5.97 Å². The summed E-state index contributed by atoms with van der Waals surface area (Å²) in [5.74, 6) is -0.723. The molecule has 21 heavy (non-hydrogen) atoms. The summed E-state index contributed by atoms with van der Waals surface area (Å²) < 4.78 is 5.60. The average molecular weight is 293 g/mol. The Kier molecular flexibility index (Phi) is 6.39. The van der Waals surface area contributed by atoms with Crippen LogP contribution in [0.5, 0.6) is 5.75 Å². The molecule has 114 valence electrons. The topological polar surface area (TPSA) is 83.9 Å². The Labute approximate surface area is 123 Å². The van der Waals surface area contributed by atoms with Crippen molar-refractivity contribution in [3.8, 4) is 5.75 Å². The Bertz CT molecular complexity index is 497. The molecule has 1 amide bonds. The van der Waals surface area contributed by atoms with E-state index in [-0.39, 0.29) is 18.9 Å². The summed E-state index contributed by atoms with van der Waals surface area (Å²) in [5.41, 5.74) is 0.528. The number of carboxylic acid groups (broad SMARTS) is 1. The number of carbonyl (C=O) groups is 3. The van der Waals surface area contributed by atoms with E-state index in [4.69, 9.17) is 9.84 Å². The van der Waals surface area contributed by atoms with Crippen molar-refractivity contribution in [3.05, 3.63) is 29.8 Å². The first-order chi connectivity index (χ1) is 9.97. The molecule has 1 rings (SSSR count). The fraction of sp³-hybridized carbons (Fsp3) is 0.400. The van der Waals surface area contributed by atoms with Gasteiger partial charge in [-0.25, -0.2) is 0 Å². The number of aldehydes is 1. The molecule has 0 heterocycles. The normalized spacial score (nSPS) is 11.5. The van der Waals surface area contributed by atoms with Crippen molar-refractivity contribution in [2.75, 3.05) is 13.6 Å². The van der Waals surface area contributed by atoms with Crippen LogP contribution in [-0.4, -0.2) is 47.9 Å². The minimum absolute atomic E-state index is 0.104.